The van der Waals surface area contributed by atoms with E-state index in [-0.39, 0.29) is 23.7 Å². The van der Waals surface area contributed by atoms with Crippen molar-refractivity contribution in [3.63, 3.8) is 0 Å². The maximum atomic E-state index is 13.3. The van der Waals surface area contributed by atoms with Gasteiger partial charge < -0.3 is 24.4 Å². The lowest BCUT2D eigenvalue weighted by atomic mass is 9.95. The lowest BCUT2D eigenvalue weighted by Crippen LogP contribution is -2.53. The zero-order valence-corrected chi connectivity index (χ0v) is 21.6. The quantitative estimate of drug-likeness (QED) is 0.593. The number of hydrogen-bond donors (Lipinski definition) is 1. The maximum Gasteiger partial charge on any atom is 0.355 e. The van der Waals surface area contributed by atoms with Crippen molar-refractivity contribution >= 4 is 23.6 Å². The van der Waals surface area contributed by atoms with E-state index in [2.05, 4.69) is 14.9 Å². The number of aromatic nitrogens is 2. The van der Waals surface area contributed by atoms with Crippen LogP contribution in [-0.4, -0.2) is 83.4 Å². The standard InChI is InChI=1S/C27H37N5O4/c1-4-36-27(35)25-19(2)22(20(3)29-25)10-11-24(33)32-13-7-8-21(18-32)26(34)31-16-14-30(15-17-31)23-9-5-6-12-28-23/h5-6,9,12,21,29H,4,7-8,10-11,13-18H2,1-3H3/t21-/m0/s1. The fraction of sp³-hybridized carbons (Fsp3) is 0.556. The highest BCUT2D eigenvalue weighted by atomic mass is 16.5. The van der Waals surface area contributed by atoms with Gasteiger partial charge in [0.15, 0.2) is 0 Å². The number of nitrogens with one attached hydrogen (secondary N) is 1. The van der Waals surface area contributed by atoms with Crippen LogP contribution in [0, 0.1) is 19.8 Å². The number of piperidine rings is 1. The number of amides is 2. The van der Waals surface area contributed by atoms with Gasteiger partial charge in [0.2, 0.25) is 11.8 Å². The van der Waals surface area contributed by atoms with Crippen molar-refractivity contribution in [3.8, 4) is 0 Å². The van der Waals surface area contributed by atoms with Crippen molar-refractivity contribution in [1.29, 1.82) is 0 Å². The lowest BCUT2D eigenvalue weighted by Gasteiger charge is -2.39. The fourth-order valence-electron chi connectivity index (χ4n) is 5.32. The normalized spacial score (nSPS) is 18.3. The summed E-state index contributed by atoms with van der Waals surface area (Å²) in [5.41, 5.74) is 3.18. The summed E-state index contributed by atoms with van der Waals surface area (Å²) in [6, 6.07) is 5.88. The summed E-state index contributed by atoms with van der Waals surface area (Å²) in [5, 5.41) is 0. The lowest BCUT2D eigenvalue weighted by molar-refractivity contribution is -0.141. The second-order valence-corrected chi connectivity index (χ2v) is 9.63. The molecule has 2 aromatic rings. The Labute approximate surface area is 212 Å². The molecule has 194 valence electrons. The van der Waals surface area contributed by atoms with Gasteiger partial charge in [-0.1, -0.05) is 6.07 Å². The minimum Gasteiger partial charge on any atom is -0.461 e. The minimum absolute atomic E-state index is 0.0603. The Morgan fingerprint density at radius 1 is 1.08 bits per heavy atom. The fourth-order valence-corrected chi connectivity index (χ4v) is 5.32. The summed E-state index contributed by atoms with van der Waals surface area (Å²) in [6.07, 6.45) is 4.36. The Hall–Kier alpha value is -3.36. The topological polar surface area (TPSA) is 98.8 Å². The van der Waals surface area contributed by atoms with Crippen LogP contribution in [0.25, 0.3) is 0 Å². The maximum absolute atomic E-state index is 13.3. The van der Waals surface area contributed by atoms with E-state index in [1.807, 2.05) is 41.8 Å². The number of aromatic amines is 1. The molecule has 9 nitrogen and oxygen atoms in total. The first-order valence-corrected chi connectivity index (χ1v) is 13.0. The molecule has 2 aliphatic rings. The van der Waals surface area contributed by atoms with E-state index >= 15 is 0 Å². The van der Waals surface area contributed by atoms with E-state index in [4.69, 9.17) is 4.74 Å². The first-order chi connectivity index (χ1) is 17.4. The van der Waals surface area contributed by atoms with Crippen molar-refractivity contribution in [2.75, 3.05) is 50.8 Å². The highest BCUT2D eigenvalue weighted by Crippen LogP contribution is 2.24. The zero-order chi connectivity index (χ0) is 25.7. The van der Waals surface area contributed by atoms with E-state index in [9.17, 15) is 14.4 Å². The van der Waals surface area contributed by atoms with Gasteiger partial charge in [0.25, 0.3) is 0 Å². The molecule has 2 amide bonds. The first kappa shape index (κ1) is 25.7. The number of piperazine rings is 1. The van der Waals surface area contributed by atoms with E-state index in [0.29, 0.717) is 51.3 Å². The second-order valence-electron chi connectivity index (χ2n) is 9.63. The number of ether oxygens (including phenoxy) is 1. The molecule has 2 fully saturated rings. The number of carbonyl (C=O) groups is 3. The summed E-state index contributed by atoms with van der Waals surface area (Å²) in [6.45, 7) is 9.95. The van der Waals surface area contributed by atoms with Gasteiger partial charge in [-0.25, -0.2) is 9.78 Å². The van der Waals surface area contributed by atoms with Crippen LogP contribution in [0.3, 0.4) is 0 Å². The summed E-state index contributed by atoms with van der Waals surface area (Å²) in [7, 11) is 0. The van der Waals surface area contributed by atoms with Crippen LogP contribution >= 0.6 is 0 Å². The molecule has 0 saturated carbocycles. The number of rotatable bonds is 7. The van der Waals surface area contributed by atoms with Crippen LogP contribution < -0.4 is 4.90 Å². The van der Waals surface area contributed by atoms with Gasteiger partial charge in [0.05, 0.1) is 12.5 Å². The highest BCUT2D eigenvalue weighted by molar-refractivity contribution is 5.90. The van der Waals surface area contributed by atoms with Crippen molar-refractivity contribution in [3.05, 3.63) is 46.9 Å². The van der Waals surface area contributed by atoms with E-state index in [1.54, 1.807) is 13.1 Å². The summed E-state index contributed by atoms with van der Waals surface area (Å²) >= 11 is 0. The zero-order valence-electron chi connectivity index (χ0n) is 21.6. The van der Waals surface area contributed by atoms with Crippen LogP contribution in [0.2, 0.25) is 0 Å². The van der Waals surface area contributed by atoms with Gasteiger partial charge >= 0.3 is 5.97 Å². The highest BCUT2D eigenvalue weighted by Gasteiger charge is 2.33. The Morgan fingerprint density at radius 3 is 2.56 bits per heavy atom. The Kier molecular flexibility index (Phi) is 8.28. The number of likely N-dealkylation sites (tertiary alicyclic amines) is 1. The number of carbonyl (C=O) groups excluding carboxylic acids is 3. The molecule has 1 N–H and O–H groups in total. The molecule has 1 atom stereocenters. The third-order valence-electron chi connectivity index (χ3n) is 7.35. The smallest absolute Gasteiger partial charge is 0.355 e. The first-order valence-electron chi connectivity index (χ1n) is 13.0. The van der Waals surface area contributed by atoms with Crippen LogP contribution in [0.1, 0.15) is 53.5 Å². The molecule has 2 aromatic heterocycles. The van der Waals surface area contributed by atoms with E-state index in [1.165, 1.54) is 0 Å². The molecule has 0 aliphatic carbocycles. The third kappa shape index (κ3) is 5.71. The van der Waals surface area contributed by atoms with Crippen molar-refractivity contribution in [1.82, 2.24) is 19.8 Å². The molecule has 36 heavy (non-hydrogen) atoms. The van der Waals surface area contributed by atoms with Crippen LogP contribution in [-0.2, 0) is 20.7 Å². The van der Waals surface area contributed by atoms with Crippen molar-refractivity contribution in [2.24, 2.45) is 5.92 Å². The molecular weight excluding hydrogens is 458 g/mol. The molecule has 0 spiro atoms. The number of nitrogens with zero attached hydrogens (tertiary/aromatic N) is 4. The molecule has 9 heteroatoms. The molecule has 4 heterocycles. The predicted molar refractivity (Wildman–Crippen MR) is 137 cm³/mol. The molecule has 4 rings (SSSR count). The molecule has 0 bridgehead atoms. The van der Waals surface area contributed by atoms with Crippen molar-refractivity contribution < 1.29 is 19.1 Å². The van der Waals surface area contributed by atoms with E-state index in [0.717, 1.165) is 48.6 Å². The van der Waals surface area contributed by atoms with E-state index < -0.39 is 0 Å². The Balaban J connectivity index is 1.29. The monoisotopic (exact) mass is 495 g/mol. The van der Waals surface area contributed by atoms with Crippen LogP contribution in [0.4, 0.5) is 5.82 Å². The molecule has 0 radical (unpaired) electrons. The van der Waals surface area contributed by atoms with Gasteiger partial charge in [-0.3, -0.25) is 9.59 Å². The molecule has 0 unspecified atom stereocenters. The van der Waals surface area contributed by atoms with Crippen molar-refractivity contribution in [2.45, 2.75) is 46.5 Å². The Morgan fingerprint density at radius 2 is 1.86 bits per heavy atom. The van der Waals surface area contributed by atoms with Gasteiger partial charge in [0.1, 0.15) is 11.5 Å². The summed E-state index contributed by atoms with van der Waals surface area (Å²) in [4.78, 5) is 52.0. The summed E-state index contributed by atoms with van der Waals surface area (Å²) < 4.78 is 5.12. The third-order valence-corrected chi connectivity index (χ3v) is 7.35. The molecule has 2 saturated heterocycles. The number of H-pyrrole nitrogens is 1. The van der Waals surface area contributed by atoms with Gasteiger partial charge in [-0.2, -0.15) is 0 Å². The average molecular weight is 496 g/mol. The largest absolute Gasteiger partial charge is 0.461 e. The second kappa shape index (κ2) is 11.6. The number of anilines is 1. The molecule has 0 aromatic carbocycles. The SMILES string of the molecule is CCOC(=O)c1[nH]c(C)c(CCC(=O)N2CCC[C@H](C(=O)N3CCN(c4ccccn4)CC3)C2)c1C. The van der Waals surface area contributed by atoms with Crippen LogP contribution in [0.15, 0.2) is 24.4 Å². The minimum atomic E-state index is -0.367. The van der Waals surface area contributed by atoms with Gasteiger partial charge in [0, 0.05) is 57.6 Å². The molecule has 2 aliphatic heterocycles. The van der Waals surface area contributed by atoms with Gasteiger partial charge in [-0.15, -0.1) is 0 Å². The van der Waals surface area contributed by atoms with Crippen LogP contribution in [0.5, 0.6) is 0 Å². The predicted octanol–water partition coefficient (Wildman–Crippen LogP) is 2.72. The Bertz CT molecular complexity index is 1080. The molecular formula is C27H37N5O4. The average Bonchev–Trinajstić information content (AvgIpc) is 3.20. The number of pyridine rings is 1. The number of esters is 1. The number of aryl methyl sites for hydroxylation is 1. The number of hydrogen-bond acceptors (Lipinski definition) is 6. The van der Waals surface area contributed by atoms with Gasteiger partial charge in [-0.05, 0) is 63.3 Å². The summed E-state index contributed by atoms with van der Waals surface area (Å²) in [5.74, 6) is 0.653.